The van der Waals surface area contributed by atoms with Crippen molar-refractivity contribution in [2.24, 2.45) is 0 Å². The smallest absolute Gasteiger partial charge is 0.249 e. The lowest BCUT2D eigenvalue weighted by molar-refractivity contribution is -0.125. The van der Waals surface area contributed by atoms with Crippen LogP contribution in [0.1, 0.15) is 13.8 Å². The summed E-state index contributed by atoms with van der Waals surface area (Å²) in [6, 6.07) is 0. The molecule has 0 bridgehead atoms. The summed E-state index contributed by atoms with van der Waals surface area (Å²) >= 11 is 1.13. The zero-order valence-corrected chi connectivity index (χ0v) is 9.52. The molecule has 14 heavy (non-hydrogen) atoms. The van der Waals surface area contributed by atoms with Crippen LogP contribution in [0.4, 0.5) is 0 Å². The Morgan fingerprint density at radius 2 is 2.21 bits per heavy atom. The van der Waals surface area contributed by atoms with E-state index in [0.717, 1.165) is 12.0 Å². The predicted octanol–water partition coefficient (Wildman–Crippen LogP) is 0.142. The van der Waals surface area contributed by atoms with E-state index < -0.39 is 5.60 Å². The lowest BCUT2D eigenvalue weighted by Gasteiger charge is -2.16. The topological polar surface area (TPSA) is 67.8 Å². The van der Waals surface area contributed by atoms with Crippen molar-refractivity contribution in [1.29, 1.82) is 0 Å². The summed E-state index contributed by atoms with van der Waals surface area (Å²) in [5.74, 6) is -0.241. The van der Waals surface area contributed by atoms with Crippen LogP contribution in [-0.2, 0) is 13.7 Å². The molecule has 6 heteroatoms. The average molecular weight is 223 g/mol. The molecule has 0 rings (SSSR count). The highest BCUT2D eigenvalue weighted by Gasteiger charge is 2.12. The first-order valence-corrected chi connectivity index (χ1v) is 5.33. The normalized spacial score (nSPS) is 11.4. The van der Waals surface area contributed by atoms with Crippen molar-refractivity contribution < 1.29 is 18.8 Å². The van der Waals surface area contributed by atoms with Crippen molar-refractivity contribution in [3.63, 3.8) is 0 Å². The Bertz CT molecular complexity index is 169. The lowest BCUT2D eigenvalue weighted by atomic mass is 10.2. The van der Waals surface area contributed by atoms with Crippen LogP contribution in [0.25, 0.3) is 0 Å². The molecule has 0 heterocycles. The molecule has 2 N–H and O–H groups in total. The van der Waals surface area contributed by atoms with Crippen LogP contribution < -0.4 is 5.32 Å². The molecular formula is C8H17NO4S. The van der Waals surface area contributed by atoms with Gasteiger partial charge in [0.1, 0.15) is 13.3 Å². The fraction of sp³-hybridized carbons (Fsp3) is 0.875. The third-order valence-corrected chi connectivity index (χ3v) is 1.49. The Morgan fingerprint density at radius 1 is 1.57 bits per heavy atom. The Balaban J connectivity index is 3.32. The molecule has 0 aromatic rings. The van der Waals surface area contributed by atoms with E-state index in [2.05, 4.69) is 5.32 Å². The van der Waals surface area contributed by atoms with Gasteiger partial charge in [0.25, 0.3) is 0 Å². The van der Waals surface area contributed by atoms with E-state index in [9.17, 15) is 9.90 Å². The highest BCUT2D eigenvalue weighted by molar-refractivity contribution is 7.93. The number of aliphatic hydroxyl groups is 1. The maximum Gasteiger partial charge on any atom is 0.249 e. The number of rotatable bonds is 7. The minimum absolute atomic E-state index is 0.00699. The summed E-state index contributed by atoms with van der Waals surface area (Å²) in [5.41, 5.74) is -0.875. The maximum atomic E-state index is 10.9. The quantitative estimate of drug-likeness (QED) is 0.365. The van der Waals surface area contributed by atoms with Crippen LogP contribution in [0, 0.1) is 0 Å². The van der Waals surface area contributed by atoms with Gasteiger partial charge >= 0.3 is 0 Å². The van der Waals surface area contributed by atoms with E-state index >= 15 is 0 Å². The first kappa shape index (κ1) is 13.7. The summed E-state index contributed by atoms with van der Waals surface area (Å²) in [6.45, 7) is 3.53. The number of hydrogen-bond acceptors (Lipinski definition) is 5. The summed E-state index contributed by atoms with van der Waals surface area (Å²) in [6.07, 6.45) is 1.73. The Morgan fingerprint density at radius 3 is 2.71 bits per heavy atom. The first-order chi connectivity index (χ1) is 6.45. The summed E-state index contributed by atoms with van der Waals surface area (Å²) in [5, 5.41) is 11.7. The van der Waals surface area contributed by atoms with Gasteiger partial charge in [-0.05, 0) is 25.9 Å². The average Bonchev–Trinajstić information content (AvgIpc) is 2.07. The van der Waals surface area contributed by atoms with Gasteiger partial charge in [-0.3, -0.25) is 4.79 Å². The largest absolute Gasteiger partial charge is 0.388 e. The molecular weight excluding hydrogens is 206 g/mol. The number of ether oxygens (including phenoxy) is 1. The van der Waals surface area contributed by atoms with Crippen LogP contribution in [0.15, 0.2) is 0 Å². The Hall–Kier alpha value is -0.300. The number of carbonyl (C=O) groups is 1. The van der Waals surface area contributed by atoms with Crippen molar-refractivity contribution >= 4 is 17.9 Å². The maximum absolute atomic E-state index is 10.9. The third-order valence-electron chi connectivity index (χ3n) is 1.13. The molecule has 0 unspecified atom stereocenters. The molecule has 0 fully saturated rings. The van der Waals surface area contributed by atoms with E-state index in [1.165, 1.54) is 0 Å². The van der Waals surface area contributed by atoms with Crippen LogP contribution in [0.3, 0.4) is 0 Å². The van der Waals surface area contributed by atoms with Gasteiger partial charge in [-0.2, -0.15) is 0 Å². The lowest BCUT2D eigenvalue weighted by Crippen LogP contribution is -2.33. The van der Waals surface area contributed by atoms with Crippen molar-refractivity contribution in [3.05, 3.63) is 0 Å². The van der Waals surface area contributed by atoms with E-state index in [4.69, 9.17) is 8.92 Å². The van der Waals surface area contributed by atoms with Gasteiger partial charge in [0.15, 0.2) is 0 Å². The van der Waals surface area contributed by atoms with Crippen molar-refractivity contribution in [2.75, 3.05) is 26.2 Å². The highest BCUT2D eigenvalue weighted by atomic mass is 32.2. The second kappa shape index (κ2) is 7.05. The number of amides is 1. The van der Waals surface area contributed by atoms with Gasteiger partial charge < -0.3 is 19.3 Å². The van der Waals surface area contributed by atoms with Crippen LogP contribution >= 0.6 is 12.0 Å². The fourth-order valence-electron chi connectivity index (χ4n) is 0.596. The summed E-state index contributed by atoms with van der Waals surface area (Å²) < 4.78 is 9.80. The summed E-state index contributed by atoms with van der Waals surface area (Å²) in [7, 11) is 0. The number of nitrogens with one attached hydrogen (secondary N) is 1. The molecule has 0 radical (unpaired) electrons. The van der Waals surface area contributed by atoms with Gasteiger partial charge in [0.05, 0.1) is 12.2 Å². The zero-order valence-electron chi connectivity index (χ0n) is 8.70. The number of carbonyl (C=O) groups excluding carboxylic acids is 1. The van der Waals surface area contributed by atoms with E-state index in [1.807, 2.05) is 0 Å². The third kappa shape index (κ3) is 9.79. The molecule has 0 aliphatic rings. The Labute approximate surface area is 88.4 Å². The van der Waals surface area contributed by atoms with Gasteiger partial charge in [0, 0.05) is 6.26 Å². The van der Waals surface area contributed by atoms with Gasteiger partial charge in [0.2, 0.25) is 5.91 Å². The predicted molar refractivity (Wildman–Crippen MR) is 54.7 cm³/mol. The minimum Gasteiger partial charge on any atom is -0.388 e. The van der Waals surface area contributed by atoms with Gasteiger partial charge in [-0.25, -0.2) is 0 Å². The SMILES string of the molecule is CSOCC(=O)NCOCC(C)(C)O. The first-order valence-electron chi connectivity index (χ1n) is 4.18. The molecule has 1 amide bonds. The monoisotopic (exact) mass is 223 g/mol. The van der Waals surface area contributed by atoms with Crippen molar-refractivity contribution in [3.8, 4) is 0 Å². The molecule has 0 aromatic carbocycles. The molecule has 0 spiro atoms. The standard InChI is InChI=1S/C8H17NO4S/c1-8(2,11)5-12-6-9-7(10)4-13-14-3/h11H,4-6H2,1-3H3,(H,9,10). The van der Waals surface area contributed by atoms with Crippen molar-refractivity contribution in [2.45, 2.75) is 19.4 Å². The molecule has 0 saturated carbocycles. The molecule has 0 atom stereocenters. The second-order valence-electron chi connectivity index (χ2n) is 3.33. The molecule has 0 aliphatic carbocycles. The zero-order chi connectivity index (χ0) is 11.0. The molecule has 0 aromatic heterocycles. The van der Waals surface area contributed by atoms with Gasteiger partial charge in [-0.1, -0.05) is 0 Å². The molecule has 0 aliphatic heterocycles. The summed E-state index contributed by atoms with van der Waals surface area (Å²) in [4.78, 5) is 10.9. The highest BCUT2D eigenvalue weighted by Crippen LogP contribution is 1.99. The van der Waals surface area contributed by atoms with E-state index in [1.54, 1.807) is 20.1 Å². The van der Waals surface area contributed by atoms with Crippen molar-refractivity contribution in [1.82, 2.24) is 5.32 Å². The van der Waals surface area contributed by atoms with Gasteiger partial charge in [-0.15, -0.1) is 0 Å². The van der Waals surface area contributed by atoms with Crippen LogP contribution in [-0.4, -0.2) is 42.8 Å². The van der Waals surface area contributed by atoms with Crippen LogP contribution in [0.2, 0.25) is 0 Å². The fourth-order valence-corrected chi connectivity index (χ4v) is 0.821. The minimum atomic E-state index is -0.875. The molecule has 5 nitrogen and oxygen atoms in total. The van der Waals surface area contributed by atoms with E-state index in [-0.39, 0.29) is 25.9 Å². The Kier molecular flexibility index (Phi) is 6.90. The van der Waals surface area contributed by atoms with Crippen LogP contribution in [0.5, 0.6) is 0 Å². The van der Waals surface area contributed by atoms with E-state index in [0.29, 0.717) is 0 Å². The molecule has 84 valence electrons. The second-order valence-corrected chi connectivity index (χ2v) is 3.90. The number of hydrogen-bond donors (Lipinski definition) is 2. The molecule has 0 saturated heterocycles.